The summed E-state index contributed by atoms with van der Waals surface area (Å²) in [6.45, 7) is 10.9. The first-order valence-corrected chi connectivity index (χ1v) is 4.80. The molecule has 0 aromatic rings. The lowest BCUT2D eigenvalue weighted by Gasteiger charge is -2.32. The van der Waals surface area contributed by atoms with Gasteiger partial charge in [0.1, 0.15) is 7.28 Å². The Balaban J connectivity index is 2.24. The Morgan fingerprint density at radius 2 is 1.73 bits per heavy atom. The summed E-state index contributed by atoms with van der Waals surface area (Å²) < 4.78 is 0. The topological polar surface area (TPSA) is 3.24 Å². The van der Waals surface area contributed by atoms with Crippen molar-refractivity contribution in [3.8, 4) is 0 Å². The van der Waals surface area contributed by atoms with Crippen molar-refractivity contribution in [3.63, 3.8) is 0 Å². The summed E-state index contributed by atoms with van der Waals surface area (Å²) in [5, 5.41) is 0. The molecule has 11 heavy (non-hydrogen) atoms. The van der Waals surface area contributed by atoms with E-state index < -0.39 is 0 Å². The van der Waals surface area contributed by atoms with Crippen molar-refractivity contribution in [2.24, 2.45) is 5.41 Å². The van der Waals surface area contributed by atoms with Crippen molar-refractivity contribution >= 4 is 7.28 Å². The van der Waals surface area contributed by atoms with Crippen LogP contribution in [-0.4, -0.2) is 31.8 Å². The summed E-state index contributed by atoms with van der Waals surface area (Å²) in [4.78, 5) is 2.60. The Morgan fingerprint density at radius 3 is 2.18 bits per heavy atom. The summed E-state index contributed by atoms with van der Waals surface area (Å²) in [6, 6.07) is 0. The summed E-state index contributed by atoms with van der Waals surface area (Å²) >= 11 is 0. The Bertz CT molecular complexity index is 111. The molecule has 0 spiro atoms. The van der Waals surface area contributed by atoms with Gasteiger partial charge >= 0.3 is 0 Å². The number of hydrogen-bond donors (Lipinski definition) is 0. The van der Waals surface area contributed by atoms with Gasteiger partial charge in [0.05, 0.1) is 0 Å². The van der Waals surface area contributed by atoms with Crippen LogP contribution in [0.25, 0.3) is 0 Å². The molecule has 0 aromatic heterocycles. The highest BCUT2D eigenvalue weighted by molar-refractivity contribution is 6.35. The van der Waals surface area contributed by atoms with Crippen LogP contribution in [-0.2, 0) is 0 Å². The molecule has 1 aliphatic heterocycles. The van der Waals surface area contributed by atoms with Crippen molar-refractivity contribution in [3.05, 3.63) is 0 Å². The fraction of sp³-hybridized carbons (Fsp3) is 1.00. The van der Waals surface area contributed by atoms with Crippen LogP contribution in [0.4, 0.5) is 0 Å². The molecule has 1 fully saturated rings. The van der Waals surface area contributed by atoms with Gasteiger partial charge in [0.15, 0.2) is 0 Å². The lowest BCUT2D eigenvalue weighted by molar-refractivity contribution is 0.202. The van der Waals surface area contributed by atoms with E-state index in [0.29, 0.717) is 5.41 Å². The summed E-state index contributed by atoms with van der Waals surface area (Å²) in [5.74, 6) is 0. The fourth-order valence-electron chi connectivity index (χ4n) is 1.79. The minimum absolute atomic E-state index is 0.483. The molecule has 0 radical (unpaired) electrons. The predicted octanol–water partition coefficient (Wildman–Crippen LogP) is 1.62. The quantitative estimate of drug-likeness (QED) is 0.517. The van der Waals surface area contributed by atoms with Crippen molar-refractivity contribution in [2.45, 2.75) is 33.4 Å². The lowest BCUT2D eigenvalue weighted by Crippen LogP contribution is -2.37. The summed E-state index contributed by atoms with van der Waals surface area (Å²) in [5.41, 5.74) is 0.483. The third-order valence-electron chi connectivity index (χ3n) is 2.15. The van der Waals surface area contributed by atoms with Crippen molar-refractivity contribution in [1.82, 2.24) is 4.90 Å². The zero-order valence-corrected chi connectivity index (χ0v) is 8.19. The molecule has 1 aliphatic rings. The third-order valence-corrected chi connectivity index (χ3v) is 2.15. The second kappa shape index (κ2) is 3.62. The first-order chi connectivity index (χ1) is 5.08. The highest BCUT2D eigenvalue weighted by atomic mass is 15.1. The first kappa shape index (κ1) is 9.12. The van der Waals surface area contributed by atoms with E-state index >= 15 is 0 Å². The van der Waals surface area contributed by atoms with Gasteiger partial charge in [0, 0.05) is 6.54 Å². The molecule has 1 nitrogen and oxygen atoms in total. The normalized spacial score (nSPS) is 21.4. The van der Waals surface area contributed by atoms with E-state index in [0.717, 1.165) is 0 Å². The molecule has 0 bridgehead atoms. The van der Waals surface area contributed by atoms with E-state index in [1.54, 1.807) is 0 Å². The zero-order chi connectivity index (χ0) is 8.32. The molecule has 0 amide bonds. The number of hydrogen-bond acceptors (Lipinski definition) is 1. The molecule has 1 rings (SSSR count). The highest BCUT2D eigenvalue weighted by Gasteiger charge is 2.17. The van der Waals surface area contributed by atoms with Gasteiger partial charge in [0.25, 0.3) is 0 Å². The van der Waals surface area contributed by atoms with E-state index in [-0.39, 0.29) is 0 Å². The van der Waals surface area contributed by atoms with Gasteiger partial charge < -0.3 is 4.90 Å². The molecule has 0 aliphatic carbocycles. The molecular formula is C9H20BN. The van der Waals surface area contributed by atoms with Crippen LogP contribution in [0.3, 0.4) is 0 Å². The van der Waals surface area contributed by atoms with Crippen LogP contribution >= 0.6 is 0 Å². The third kappa shape index (κ3) is 3.81. The average Bonchev–Trinajstić information content (AvgIpc) is 1.85. The maximum absolute atomic E-state index is 2.60. The maximum atomic E-state index is 2.60. The average molecular weight is 153 g/mol. The van der Waals surface area contributed by atoms with E-state index in [4.69, 9.17) is 0 Å². The Labute approximate surface area is 71.4 Å². The lowest BCUT2D eigenvalue weighted by atomic mass is 9.68. The maximum Gasteiger partial charge on any atom is 0.123 e. The van der Waals surface area contributed by atoms with Gasteiger partial charge in [-0.05, 0) is 18.5 Å². The van der Waals surface area contributed by atoms with Gasteiger partial charge in [-0.2, -0.15) is 0 Å². The van der Waals surface area contributed by atoms with E-state index in [1.807, 2.05) is 0 Å². The van der Waals surface area contributed by atoms with Crippen LogP contribution in [0.5, 0.6) is 0 Å². The molecule has 0 N–H and O–H groups in total. The minimum Gasteiger partial charge on any atom is -0.304 e. The van der Waals surface area contributed by atoms with Gasteiger partial charge in [-0.15, -0.1) is 0 Å². The molecular weight excluding hydrogens is 133 g/mol. The van der Waals surface area contributed by atoms with Crippen LogP contribution in [0, 0.1) is 5.41 Å². The number of rotatable bonds is 1. The standard InChI is InChI=1S/C9H20BN/c1-9(2,3)8-11-6-4-10-5-7-11/h10H,4-8H2,1-3H3. The van der Waals surface area contributed by atoms with Gasteiger partial charge in [-0.3, -0.25) is 0 Å². The molecule has 0 aromatic carbocycles. The Hall–Kier alpha value is 0.0249. The smallest absolute Gasteiger partial charge is 0.123 e. The zero-order valence-electron chi connectivity index (χ0n) is 8.19. The molecule has 1 heterocycles. The summed E-state index contributed by atoms with van der Waals surface area (Å²) in [6.07, 6.45) is 2.83. The van der Waals surface area contributed by atoms with Crippen LogP contribution in [0.15, 0.2) is 0 Å². The molecule has 0 unspecified atom stereocenters. The SMILES string of the molecule is CC(C)(C)CN1CCBCC1. The van der Waals surface area contributed by atoms with Crippen LogP contribution in [0.1, 0.15) is 20.8 Å². The van der Waals surface area contributed by atoms with Crippen LogP contribution in [0.2, 0.25) is 12.6 Å². The van der Waals surface area contributed by atoms with Crippen LogP contribution < -0.4 is 0 Å². The molecule has 0 saturated carbocycles. The first-order valence-electron chi connectivity index (χ1n) is 4.80. The van der Waals surface area contributed by atoms with Crippen molar-refractivity contribution in [2.75, 3.05) is 19.6 Å². The second-order valence-corrected chi connectivity index (χ2v) is 4.90. The molecule has 2 heteroatoms. The molecule has 0 atom stereocenters. The largest absolute Gasteiger partial charge is 0.304 e. The molecule has 64 valence electrons. The Morgan fingerprint density at radius 1 is 1.18 bits per heavy atom. The van der Waals surface area contributed by atoms with Gasteiger partial charge in [-0.1, -0.05) is 33.4 Å². The van der Waals surface area contributed by atoms with E-state index in [1.165, 1.54) is 39.6 Å². The summed E-state index contributed by atoms with van der Waals surface area (Å²) in [7, 11) is 1.45. The van der Waals surface area contributed by atoms with E-state index in [2.05, 4.69) is 25.7 Å². The highest BCUT2D eigenvalue weighted by Crippen LogP contribution is 2.17. The number of nitrogens with zero attached hydrogens (tertiary/aromatic N) is 1. The predicted molar refractivity (Wildman–Crippen MR) is 52.7 cm³/mol. The fourth-order valence-corrected chi connectivity index (χ4v) is 1.79. The second-order valence-electron chi connectivity index (χ2n) is 4.90. The monoisotopic (exact) mass is 153 g/mol. The van der Waals surface area contributed by atoms with Gasteiger partial charge in [0.2, 0.25) is 0 Å². The van der Waals surface area contributed by atoms with E-state index in [9.17, 15) is 0 Å². The van der Waals surface area contributed by atoms with Crippen molar-refractivity contribution < 1.29 is 0 Å². The molecule has 1 saturated heterocycles. The van der Waals surface area contributed by atoms with Crippen molar-refractivity contribution in [1.29, 1.82) is 0 Å². The minimum atomic E-state index is 0.483. The van der Waals surface area contributed by atoms with Gasteiger partial charge in [-0.25, -0.2) is 0 Å². The Kier molecular flexibility index (Phi) is 3.00.